The van der Waals surface area contributed by atoms with Crippen molar-refractivity contribution in [2.24, 2.45) is 0 Å². The molecule has 1 unspecified atom stereocenters. The summed E-state index contributed by atoms with van der Waals surface area (Å²) >= 11 is 0. The van der Waals surface area contributed by atoms with Crippen LogP contribution >= 0.6 is 0 Å². The number of carbonyl (C=O) groups excluding carboxylic acids is 1. The lowest BCUT2D eigenvalue weighted by atomic mass is 9.90. The van der Waals surface area contributed by atoms with Crippen molar-refractivity contribution < 1.29 is 9.53 Å². The number of aromatic nitrogens is 2. The van der Waals surface area contributed by atoms with E-state index in [0.717, 1.165) is 44.3 Å². The summed E-state index contributed by atoms with van der Waals surface area (Å²) in [6.45, 7) is 2.10. The number of nitrogens with zero attached hydrogens (tertiary/aromatic N) is 3. The van der Waals surface area contributed by atoms with Crippen LogP contribution in [0, 0.1) is 5.41 Å². The van der Waals surface area contributed by atoms with Gasteiger partial charge in [0.1, 0.15) is 29.5 Å². The summed E-state index contributed by atoms with van der Waals surface area (Å²) in [6, 6.07) is 17.1. The molecule has 1 saturated carbocycles. The Kier molecular flexibility index (Phi) is 9.49. The minimum atomic E-state index is -0.0950. The molecule has 9 nitrogen and oxygen atoms in total. The van der Waals surface area contributed by atoms with Crippen LogP contribution in [0.4, 0.5) is 11.6 Å². The third-order valence-corrected chi connectivity index (χ3v) is 7.15. The number of benzene rings is 2. The molecule has 39 heavy (non-hydrogen) atoms. The second-order valence-corrected chi connectivity index (χ2v) is 10.3. The predicted octanol–water partition coefficient (Wildman–Crippen LogP) is 4.84. The molecule has 0 saturated heterocycles. The average molecular weight is 530 g/mol. The molecule has 1 aromatic heterocycles. The van der Waals surface area contributed by atoms with Gasteiger partial charge in [-0.15, -0.1) is 0 Å². The van der Waals surface area contributed by atoms with E-state index in [1.165, 1.54) is 6.33 Å². The third kappa shape index (κ3) is 7.32. The first kappa shape index (κ1) is 28.0. The summed E-state index contributed by atoms with van der Waals surface area (Å²) < 4.78 is 5.88. The standard InChI is InChI=1S/C30H39N7O2/c1-4-8-25(37(2)3)30(38)36-22-15-13-21(14-16-22)35-29-26(28(32)33-19-34-29)27(31)20-11-17-24(18-12-20)39-23-9-6-5-7-10-23/h5-7,9-12,17-19,21-22,25,31H,4,8,13-16H2,1-3H3,(H,36,38)(H3,32,33,34,35). The van der Waals surface area contributed by atoms with Crippen LogP contribution in [0.3, 0.4) is 0 Å². The predicted molar refractivity (Wildman–Crippen MR) is 156 cm³/mol. The molecule has 4 rings (SSSR count). The Labute approximate surface area is 230 Å². The zero-order valence-corrected chi connectivity index (χ0v) is 23.0. The Morgan fingerprint density at radius 2 is 1.67 bits per heavy atom. The molecular weight excluding hydrogens is 490 g/mol. The van der Waals surface area contributed by atoms with E-state index in [4.69, 9.17) is 15.9 Å². The molecule has 3 aromatic rings. The van der Waals surface area contributed by atoms with Crippen LogP contribution in [0.2, 0.25) is 0 Å². The van der Waals surface area contributed by atoms with E-state index < -0.39 is 0 Å². The average Bonchev–Trinajstić information content (AvgIpc) is 2.93. The van der Waals surface area contributed by atoms with Gasteiger partial charge in [-0.3, -0.25) is 15.1 Å². The van der Waals surface area contributed by atoms with Gasteiger partial charge in [0.15, 0.2) is 0 Å². The third-order valence-electron chi connectivity index (χ3n) is 7.15. The second-order valence-electron chi connectivity index (χ2n) is 10.3. The van der Waals surface area contributed by atoms with Crippen LogP contribution in [-0.4, -0.2) is 58.7 Å². The number of rotatable bonds is 11. The van der Waals surface area contributed by atoms with Gasteiger partial charge in [-0.2, -0.15) is 0 Å². The molecule has 1 amide bonds. The fourth-order valence-corrected chi connectivity index (χ4v) is 4.98. The number of hydrogen-bond donors (Lipinski definition) is 4. The summed E-state index contributed by atoms with van der Waals surface area (Å²) in [5.41, 5.74) is 7.66. The van der Waals surface area contributed by atoms with E-state index in [-0.39, 0.29) is 35.6 Å². The maximum absolute atomic E-state index is 12.8. The van der Waals surface area contributed by atoms with Crippen LogP contribution in [0.1, 0.15) is 56.6 Å². The van der Waals surface area contributed by atoms with Crippen LogP contribution in [-0.2, 0) is 4.79 Å². The van der Waals surface area contributed by atoms with Gasteiger partial charge in [0.2, 0.25) is 5.91 Å². The molecule has 0 spiro atoms. The van der Waals surface area contributed by atoms with Gasteiger partial charge >= 0.3 is 0 Å². The molecule has 5 N–H and O–H groups in total. The lowest BCUT2D eigenvalue weighted by molar-refractivity contribution is -0.126. The maximum Gasteiger partial charge on any atom is 0.237 e. The Bertz CT molecular complexity index is 1240. The lowest BCUT2D eigenvalue weighted by Crippen LogP contribution is -2.48. The number of amides is 1. The summed E-state index contributed by atoms with van der Waals surface area (Å²) in [5.74, 6) is 2.36. The van der Waals surface area contributed by atoms with Gasteiger partial charge in [0.05, 0.1) is 17.3 Å². The van der Waals surface area contributed by atoms with E-state index in [0.29, 0.717) is 22.7 Å². The van der Waals surface area contributed by atoms with Crippen molar-refractivity contribution in [3.8, 4) is 11.5 Å². The smallest absolute Gasteiger partial charge is 0.237 e. The number of nitrogens with one attached hydrogen (secondary N) is 3. The van der Waals surface area contributed by atoms with Crippen molar-refractivity contribution >= 4 is 23.3 Å². The van der Waals surface area contributed by atoms with E-state index in [2.05, 4.69) is 27.5 Å². The first-order valence-corrected chi connectivity index (χ1v) is 13.6. The largest absolute Gasteiger partial charge is 0.457 e. The minimum absolute atomic E-state index is 0.0950. The van der Waals surface area contributed by atoms with Crippen molar-refractivity contribution in [2.45, 2.75) is 63.6 Å². The summed E-state index contributed by atoms with van der Waals surface area (Å²) in [5, 5.41) is 15.6. The highest BCUT2D eigenvalue weighted by Gasteiger charge is 2.27. The van der Waals surface area contributed by atoms with Gasteiger partial charge in [-0.05, 0) is 82.6 Å². The van der Waals surface area contributed by atoms with Crippen LogP contribution in [0.25, 0.3) is 0 Å². The molecule has 1 aliphatic carbocycles. The first-order chi connectivity index (χ1) is 18.9. The fraction of sp³-hybridized carbons (Fsp3) is 0.400. The van der Waals surface area contributed by atoms with Crippen molar-refractivity contribution in [3.05, 3.63) is 72.1 Å². The molecule has 1 atom stereocenters. The van der Waals surface area contributed by atoms with Crippen LogP contribution in [0.15, 0.2) is 60.9 Å². The molecule has 1 heterocycles. The normalized spacial score (nSPS) is 17.8. The monoisotopic (exact) mass is 529 g/mol. The highest BCUT2D eigenvalue weighted by atomic mass is 16.5. The second kappa shape index (κ2) is 13.2. The fourth-order valence-electron chi connectivity index (χ4n) is 4.98. The number of anilines is 2. The van der Waals surface area contributed by atoms with Crippen molar-refractivity contribution in [2.75, 3.05) is 25.1 Å². The van der Waals surface area contributed by atoms with Crippen LogP contribution in [0.5, 0.6) is 11.5 Å². The summed E-state index contributed by atoms with van der Waals surface area (Å²) in [6.07, 6.45) is 6.77. The SMILES string of the molecule is CCCC(C(=O)NC1CCC(Nc2ncnc(N)c2C(=N)c2ccc(Oc3ccccc3)cc2)CC1)N(C)C. The first-order valence-electron chi connectivity index (χ1n) is 13.6. The van der Waals surface area contributed by atoms with E-state index in [9.17, 15) is 4.79 Å². The highest BCUT2D eigenvalue weighted by Crippen LogP contribution is 2.28. The molecule has 206 valence electrons. The van der Waals surface area contributed by atoms with Crippen molar-refractivity contribution in [1.82, 2.24) is 20.2 Å². The Balaban J connectivity index is 1.38. The van der Waals surface area contributed by atoms with Gasteiger partial charge in [-0.25, -0.2) is 9.97 Å². The number of carbonyl (C=O) groups is 1. The Hall–Kier alpha value is -3.98. The van der Waals surface area contributed by atoms with Crippen molar-refractivity contribution in [1.29, 1.82) is 5.41 Å². The molecule has 2 aromatic carbocycles. The zero-order valence-electron chi connectivity index (χ0n) is 23.0. The molecule has 9 heteroatoms. The van der Waals surface area contributed by atoms with Gasteiger partial charge in [0, 0.05) is 17.6 Å². The van der Waals surface area contributed by atoms with E-state index in [1.807, 2.05) is 73.6 Å². The maximum atomic E-state index is 12.8. The van der Waals surface area contributed by atoms with Crippen LogP contribution < -0.4 is 21.1 Å². The quantitative estimate of drug-likeness (QED) is 0.262. The molecule has 1 fully saturated rings. The number of hydrogen-bond acceptors (Lipinski definition) is 8. The Morgan fingerprint density at radius 3 is 2.31 bits per heavy atom. The highest BCUT2D eigenvalue weighted by molar-refractivity contribution is 6.16. The number of nitrogen functional groups attached to an aromatic ring is 1. The number of nitrogens with two attached hydrogens (primary N) is 1. The number of ether oxygens (including phenoxy) is 1. The molecular formula is C30H39N7O2. The topological polar surface area (TPSA) is 129 Å². The van der Waals surface area contributed by atoms with E-state index in [1.54, 1.807) is 0 Å². The molecule has 0 aliphatic heterocycles. The van der Waals surface area contributed by atoms with Gasteiger partial charge in [-0.1, -0.05) is 31.5 Å². The minimum Gasteiger partial charge on any atom is -0.457 e. The summed E-state index contributed by atoms with van der Waals surface area (Å²) in [7, 11) is 3.91. The molecule has 0 bridgehead atoms. The molecule has 0 radical (unpaired) electrons. The molecule has 1 aliphatic rings. The number of likely N-dealkylation sites (N-methyl/N-ethyl adjacent to an activating group) is 1. The van der Waals surface area contributed by atoms with Crippen molar-refractivity contribution in [3.63, 3.8) is 0 Å². The van der Waals surface area contributed by atoms with Gasteiger partial charge in [0.25, 0.3) is 0 Å². The zero-order chi connectivity index (χ0) is 27.8. The summed E-state index contributed by atoms with van der Waals surface area (Å²) in [4.78, 5) is 23.4. The van der Waals surface area contributed by atoms with E-state index >= 15 is 0 Å². The number of para-hydroxylation sites is 1. The Morgan fingerprint density at radius 1 is 1.03 bits per heavy atom. The van der Waals surface area contributed by atoms with Gasteiger partial charge < -0.3 is 21.1 Å². The lowest BCUT2D eigenvalue weighted by Gasteiger charge is -2.32.